The first kappa shape index (κ1) is 12.3. The van der Waals surface area contributed by atoms with Gasteiger partial charge in [-0.1, -0.05) is 30.3 Å². The number of benzene rings is 1. The van der Waals surface area contributed by atoms with E-state index in [4.69, 9.17) is 4.74 Å². The zero-order valence-corrected chi connectivity index (χ0v) is 10.6. The van der Waals surface area contributed by atoms with Crippen LogP contribution in [-0.2, 0) is 0 Å². The standard InChI is InChI=1S/C15H16N2O/c1-12(2)18-15-8-14(10-16-11-15)17-9-13-6-4-3-5-7-13/h3-12H,1-2H3. The first-order chi connectivity index (χ1) is 8.74. The number of hydrogen-bond acceptors (Lipinski definition) is 3. The molecule has 0 bridgehead atoms. The van der Waals surface area contributed by atoms with E-state index in [9.17, 15) is 0 Å². The van der Waals surface area contributed by atoms with Gasteiger partial charge in [0.1, 0.15) is 5.75 Å². The van der Waals surface area contributed by atoms with Gasteiger partial charge in [0.2, 0.25) is 0 Å². The molecule has 0 fully saturated rings. The van der Waals surface area contributed by atoms with E-state index in [1.165, 1.54) is 0 Å². The van der Waals surface area contributed by atoms with Crippen molar-refractivity contribution >= 4 is 11.9 Å². The molecule has 0 unspecified atom stereocenters. The molecule has 0 spiro atoms. The molecule has 92 valence electrons. The minimum Gasteiger partial charge on any atom is -0.489 e. The predicted octanol–water partition coefficient (Wildman–Crippen LogP) is 3.62. The van der Waals surface area contributed by atoms with Crippen LogP contribution in [0, 0.1) is 0 Å². The molecule has 1 heterocycles. The van der Waals surface area contributed by atoms with E-state index in [1.54, 1.807) is 12.4 Å². The molecule has 3 heteroatoms. The third-order valence-electron chi connectivity index (χ3n) is 2.23. The fourth-order valence-corrected chi connectivity index (χ4v) is 1.50. The van der Waals surface area contributed by atoms with Gasteiger partial charge in [-0.2, -0.15) is 0 Å². The van der Waals surface area contributed by atoms with Crippen molar-refractivity contribution in [2.45, 2.75) is 20.0 Å². The molecule has 0 radical (unpaired) electrons. The Labute approximate surface area is 107 Å². The molecule has 0 saturated heterocycles. The highest BCUT2D eigenvalue weighted by Crippen LogP contribution is 2.18. The van der Waals surface area contributed by atoms with Crippen molar-refractivity contribution in [1.82, 2.24) is 4.98 Å². The molecule has 18 heavy (non-hydrogen) atoms. The van der Waals surface area contributed by atoms with Gasteiger partial charge in [0.05, 0.1) is 24.2 Å². The largest absolute Gasteiger partial charge is 0.489 e. The summed E-state index contributed by atoms with van der Waals surface area (Å²) in [6.07, 6.45) is 5.37. The van der Waals surface area contributed by atoms with E-state index >= 15 is 0 Å². The number of aliphatic imine (C=N–C) groups is 1. The van der Waals surface area contributed by atoms with Crippen molar-refractivity contribution in [1.29, 1.82) is 0 Å². The van der Waals surface area contributed by atoms with E-state index in [-0.39, 0.29) is 6.10 Å². The van der Waals surface area contributed by atoms with E-state index in [1.807, 2.05) is 56.5 Å². The fourth-order valence-electron chi connectivity index (χ4n) is 1.50. The molecule has 0 atom stereocenters. The monoisotopic (exact) mass is 240 g/mol. The summed E-state index contributed by atoms with van der Waals surface area (Å²) in [5, 5.41) is 0. The van der Waals surface area contributed by atoms with Crippen LogP contribution in [0.15, 0.2) is 53.8 Å². The maximum absolute atomic E-state index is 5.57. The topological polar surface area (TPSA) is 34.5 Å². The Kier molecular flexibility index (Phi) is 4.07. The Bertz CT molecular complexity index is 521. The molecule has 2 rings (SSSR count). The van der Waals surface area contributed by atoms with E-state index in [0.717, 1.165) is 17.0 Å². The molecule has 3 nitrogen and oxygen atoms in total. The first-order valence-electron chi connectivity index (χ1n) is 5.95. The van der Waals surface area contributed by atoms with Crippen LogP contribution >= 0.6 is 0 Å². The third-order valence-corrected chi connectivity index (χ3v) is 2.23. The highest BCUT2D eigenvalue weighted by Gasteiger charge is 1.98. The lowest BCUT2D eigenvalue weighted by Gasteiger charge is -2.08. The van der Waals surface area contributed by atoms with E-state index in [2.05, 4.69) is 9.98 Å². The summed E-state index contributed by atoms with van der Waals surface area (Å²) in [6, 6.07) is 11.8. The number of hydrogen-bond donors (Lipinski definition) is 0. The quantitative estimate of drug-likeness (QED) is 0.765. The number of nitrogens with zero attached hydrogens (tertiary/aromatic N) is 2. The third kappa shape index (κ3) is 3.70. The van der Waals surface area contributed by atoms with Gasteiger partial charge in [-0.3, -0.25) is 9.98 Å². The Morgan fingerprint density at radius 2 is 1.94 bits per heavy atom. The van der Waals surface area contributed by atoms with E-state index < -0.39 is 0 Å². The lowest BCUT2D eigenvalue weighted by atomic mass is 10.2. The highest BCUT2D eigenvalue weighted by molar-refractivity contribution is 5.81. The predicted molar refractivity (Wildman–Crippen MR) is 73.7 cm³/mol. The lowest BCUT2D eigenvalue weighted by Crippen LogP contribution is -2.05. The van der Waals surface area contributed by atoms with Crippen molar-refractivity contribution in [3.05, 3.63) is 54.4 Å². The molecule has 0 saturated carbocycles. The maximum Gasteiger partial charge on any atom is 0.140 e. The summed E-state index contributed by atoms with van der Waals surface area (Å²) < 4.78 is 5.57. The van der Waals surface area contributed by atoms with Crippen molar-refractivity contribution in [2.75, 3.05) is 0 Å². The Hall–Kier alpha value is -2.16. The van der Waals surface area contributed by atoms with Crippen LogP contribution in [0.5, 0.6) is 5.75 Å². The highest BCUT2D eigenvalue weighted by atomic mass is 16.5. The summed E-state index contributed by atoms with van der Waals surface area (Å²) in [4.78, 5) is 8.49. The van der Waals surface area contributed by atoms with Crippen molar-refractivity contribution in [3.63, 3.8) is 0 Å². The number of pyridine rings is 1. The molecule has 0 aliphatic heterocycles. The van der Waals surface area contributed by atoms with Crippen molar-refractivity contribution < 1.29 is 4.74 Å². The Morgan fingerprint density at radius 1 is 1.17 bits per heavy atom. The SMILES string of the molecule is CC(C)Oc1cncc(N=Cc2ccccc2)c1. The van der Waals surface area contributed by atoms with Crippen molar-refractivity contribution in [2.24, 2.45) is 4.99 Å². The van der Waals surface area contributed by atoms with E-state index in [0.29, 0.717) is 0 Å². The van der Waals surface area contributed by atoms with Gasteiger partial charge in [0.25, 0.3) is 0 Å². The van der Waals surface area contributed by atoms with Gasteiger partial charge in [-0.25, -0.2) is 0 Å². The summed E-state index contributed by atoms with van der Waals surface area (Å²) in [5.41, 5.74) is 1.85. The van der Waals surface area contributed by atoms with Crippen LogP contribution in [0.4, 0.5) is 5.69 Å². The summed E-state index contributed by atoms with van der Waals surface area (Å²) in [5.74, 6) is 0.743. The van der Waals surface area contributed by atoms with Gasteiger partial charge >= 0.3 is 0 Å². The number of rotatable bonds is 4. The molecule has 0 aliphatic rings. The smallest absolute Gasteiger partial charge is 0.140 e. The molecular weight excluding hydrogens is 224 g/mol. The minimum absolute atomic E-state index is 0.139. The van der Waals surface area contributed by atoms with Crippen LogP contribution in [0.3, 0.4) is 0 Å². The molecule has 0 amide bonds. The van der Waals surface area contributed by atoms with Gasteiger partial charge < -0.3 is 4.74 Å². The first-order valence-corrected chi connectivity index (χ1v) is 5.95. The molecular formula is C15H16N2O. The average molecular weight is 240 g/mol. The molecule has 0 N–H and O–H groups in total. The second-order valence-corrected chi connectivity index (χ2v) is 4.21. The second kappa shape index (κ2) is 5.96. The van der Waals surface area contributed by atoms with Crippen LogP contribution in [0.2, 0.25) is 0 Å². The zero-order valence-electron chi connectivity index (χ0n) is 10.6. The van der Waals surface area contributed by atoms with Gasteiger partial charge in [-0.15, -0.1) is 0 Å². The zero-order chi connectivity index (χ0) is 12.8. The number of ether oxygens (including phenoxy) is 1. The van der Waals surface area contributed by atoms with Gasteiger partial charge in [-0.05, 0) is 19.4 Å². The van der Waals surface area contributed by atoms with Gasteiger partial charge in [0, 0.05) is 12.3 Å². The molecule has 2 aromatic rings. The summed E-state index contributed by atoms with van der Waals surface area (Å²) >= 11 is 0. The molecule has 1 aromatic carbocycles. The van der Waals surface area contributed by atoms with Gasteiger partial charge in [0.15, 0.2) is 0 Å². The van der Waals surface area contributed by atoms with Crippen LogP contribution < -0.4 is 4.74 Å². The van der Waals surface area contributed by atoms with Crippen LogP contribution in [0.25, 0.3) is 0 Å². The average Bonchev–Trinajstić information content (AvgIpc) is 2.37. The van der Waals surface area contributed by atoms with Crippen molar-refractivity contribution in [3.8, 4) is 5.75 Å². The maximum atomic E-state index is 5.57. The summed E-state index contributed by atoms with van der Waals surface area (Å²) in [7, 11) is 0. The fraction of sp³-hybridized carbons (Fsp3) is 0.200. The molecule has 0 aliphatic carbocycles. The minimum atomic E-state index is 0.139. The Morgan fingerprint density at radius 3 is 2.67 bits per heavy atom. The normalized spacial score (nSPS) is 11.1. The summed E-state index contributed by atoms with van der Waals surface area (Å²) in [6.45, 7) is 3.97. The van der Waals surface area contributed by atoms with Crippen LogP contribution in [-0.4, -0.2) is 17.3 Å². The Balaban J connectivity index is 2.12. The number of aromatic nitrogens is 1. The molecule has 1 aromatic heterocycles. The second-order valence-electron chi connectivity index (χ2n) is 4.21. The van der Waals surface area contributed by atoms with Crippen LogP contribution in [0.1, 0.15) is 19.4 Å². The lowest BCUT2D eigenvalue weighted by molar-refractivity contribution is 0.241.